The lowest BCUT2D eigenvalue weighted by Crippen LogP contribution is -2.00. The van der Waals surface area contributed by atoms with E-state index in [9.17, 15) is 12.8 Å². The smallest absolute Gasteiger partial charge is 0.175 e. The predicted molar refractivity (Wildman–Crippen MR) is 113 cm³/mol. The summed E-state index contributed by atoms with van der Waals surface area (Å²) in [5.41, 5.74) is 3.22. The molecule has 0 unspecified atom stereocenters. The van der Waals surface area contributed by atoms with E-state index in [0.29, 0.717) is 5.70 Å². The topological polar surface area (TPSA) is 39.1 Å². The number of sulfone groups is 1. The van der Waals surface area contributed by atoms with Gasteiger partial charge in [-0.15, -0.1) is 0 Å². The number of rotatable bonds is 6. The Kier molecular flexibility index (Phi) is 8.19. The molecule has 0 spiro atoms. The average molecular weight is 388 g/mol. The first-order valence-corrected chi connectivity index (χ1v) is 10.5. The molecule has 0 aliphatic heterocycles. The minimum Gasteiger partial charge on any atom is -0.315 e. The van der Waals surface area contributed by atoms with Gasteiger partial charge in [0.25, 0.3) is 0 Å². The highest BCUT2D eigenvalue weighted by atomic mass is 32.2. The maximum absolute atomic E-state index is 13.5. The highest BCUT2D eigenvalue weighted by molar-refractivity contribution is 7.90. The molecule has 1 aromatic carbocycles. The lowest BCUT2D eigenvalue weighted by Gasteiger charge is -2.12. The summed E-state index contributed by atoms with van der Waals surface area (Å²) in [6.07, 6.45) is 6.71. The molecule has 0 saturated carbocycles. The molecule has 0 amide bonds. The third kappa shape index (κ3) is 5.93. The molecule has 0 atom stereocenters. The summed E-state index contributed by atoms with van der Waals surface area (Å²) in [4.78, 5) is 0.265. The highest BCUT2D eigenvalue weighted by Crippen LogP contribution is 2.27. The van der Waals surface area contributed by atoms with Gasteiger partial charge in [0.05, 0.1) is 10.6 Å². The molecular weight excluding hydrogens is 361 g/mol. The predicted octanol–water partition coefficient (Wildman–Crippen LogP) is 5.96. The van der Waals surface area contributed by atoms with Crippen LogP contribution in [-0.4, -0.2) is 19.2 Å². The van der Waals surface area contributed by atoms with E-state index in [0.717, 1.165) is 17.0 Å². The molecule has 144 valence electrons. The number of hydrogen-bond donors (Lipinski definition) is 0. The van der Waals surface area contributed by atoms with Gasteiger partial charge in [0.15, 0.2) is 9.84 Å². The molecule has 0 aliphatic carbocycles. The van der Waals surface area contributed by atoms with E-state index in [1.54, 1.807) is 30.3 Å². The zero-order valence-corrected chi connectivity index (χ0v) is 17.1. The molecule has 0 N–H and O–H groups in total. The van der Waals surface area contributed by atoms with Gasteiger partial charge in [-0.2, -0.15) is 0 Å². The third-order valence-corrected chi connectivity index (χ3v) is 4.78. The van der Waals surface area contributed by atoms with Crippen LogP contribution < -0.4 is 0 Å². The summed E-state index contributed by atoms with van der Waals surface area (Å²) in [5, 5.41) is 0. The summed E-state index contributed by atoms with van der Waals surface area (Å²) in [7, 11) is -3.24. The maximum Gasteiger partial charge on any atom is 0.175 e. The molecule has 0 aliphatic rings. The van der Waals surface area contributed by atoms with Crippen molar-refractivity contribution in [2.45, 2.75) is 25.7 Å². The fraction of sp³-hybridized carbons (Fsp3) is 0.182. The zero-order chi connectivity index (χ0) is 20.6. The first kappa shape index (κ1) is 22.4. The Bertz CT molecular complexity index is 962. The Morgan fingerprint density at radius 2 is 1.67 bits per heavy atom. The van der Waals surface area contributed by atoms with E-state index < -0.39 is 15.7 Å². The minimum atomic E-state index is -3.24. The zero-order valence-electron chi connectivity index (χ0n) is 16.2. The van der Waals surface area contributed by atoms with Crippen LogP contribution in [-0.2, 0) is 9.84 Å². The molecule has 2 rings (SSSR count). The van der Waals surface area contributed by atoms with Crippen molar-refractivity contribution in [1.29, 1.82) is 0 Å². The molecule has 0 radical (unpaired) electrons. The van der Waals surface area contributed by atoms with Crippen LogP contribution in [0.25, 0.3) is 17.0 Å². The van der Waals surface area contributed by atoms with Gasteiger partial charge < -0.3 is 4.57 Å². The van der Waals surface area contributed by atoms with E-state index in [1.807, 2.05) is 37.5 Å². The second-order valence-electron chi connectivity index (χ2n) is 5.60. The molecular formula is C22H26FNO2S. The van der Waals surface area contributed by atoms with Crippen LogP contribution in [0.1, 0.15) is 19.5 Å². The molecule has 3 nitrogen and oxygen atoms in total. The van der Waals surface area contributed by atoms with Crippen molar-refractivity contribution < 1.29 is 12.8 Å². The SMILES string of the molecule is C=C/C=C(F)\C=C/C(=C)n1c(C)ccc1-c1ccc(S(C)(=O)=O)cc1.CC. The van der Waals surface area contributed by atoms with Crippen LogP contribution >= 0.6 is 0 Å². The monoisotopic (exact) mass is 387 g/mol. The Labute approximate surface area is 161 Å². The van der Waals surface area contributed by atoms with Gasteiger partial charge in [-0.1, -0.05) is 45.2 Å². The van der Waals surface area contributed by atoms with Crippen molar-refractivity contribution in [2.24, 2.45) is 0 Å². The maximum atomic E-state index is 13.5. The summed E-state index contributed by atoms with van der Waals surface area (Å²) in [6.45, 7) is 13.4. The molecule has 0 fully saturated rings. The van der Waals surface area contributed by atoms with Crippen molar-refractivity contribution in [3.05, 3.63) is 85.4 Å². The fourth-order valence-corrected chi connectivity index (χ4v) is 3.07. The number of benzene rings is 1. The first-order chi connectivity index (χ1) is 12.7. The number of aromatic nitrogens is 1. The van der Waals surface area contributed by atoms with Crippen molar-refractivity contribution in [2.75, 3.05) is 6.26 Å². The highest BCUT2D eigenvalue weighted by Gasteiger charge is 2.11. The third-order valence-electron chi connectivity index (χ3n) is 3.65. The number of halogens is 1. The number of aryl methyl sites for hydroxylation is 1. The standard InChI is InChI=1S/C20H20FNO2S.C2H6/c1-5-6-18(21)11-7-15(2)22-16(3)8-14-20(22)17-9-12-19(13-10-17)25(4,23)24;1-2/h5-14H,1-2H2,3-4H3;1-2H3/b11-7-,18-6+;. The Balaban J connectivity index is 0.00000176. The van der Waals surface area contributed by atoms with E-state index in [2.05, 4.69) is 13.2 Å². The normalized spacial score (nSPS) is 11.8. The Morgan fingerprint density at radius 1 is 1.07 bits per heavy atom. The second kappa shape index (κ2) is 9.88. The molecule has 0 bridgehead atoms. The van der Waals surface area contributed by atoms with Gasteiger partial charge in [-0.25, -0.2) is 12.8 Å². The summed E-state index contributed by atoms with van der Waals surface area (Å²) >= 11 is 0. The van der Waals surface area contributed by atoms with Crippen LogP contribution in [0.5, 0.6) is 0 Å². The molecule has 27 heavy (non-hydrogen) atoms. The van der Waals surface area contributed by atoms with Crippen molar-refractivity contribution in [3.8, 4) is 11.3 Å². The van der Waals surface area contributed by atoms with Gasteiger partial charge in [-0.3, -0.25) is 0 Å². The van der Waals surface area contributed by atoms with Crippen molar-refractivity contribution in [3.63, 3.8) is 0 Å². The number of nitrogens with zero attached hydrogens (tertiary/aromatic N) is 1. The van der Waals surface area contributed by atoms with Gasteiger partial charge >= 0.3 is 0 Å². The lowest BCUT2D eigenvalue weighted by atomic mass is 10.1. The molecule has 0 saturated heterocycles. The summed E-state index contributed by atoms with van der Waals surface area (Å²) < 4.78 is 38.5. The number of hydrogen-bond acceptors (Lipinski definition) is 2. The van der Waals surface area contributed by atoms with E-state index in [4.69, 9.17) is 0 Å². The second-order valence-corrected chi connectivity index (χ2v) is 7.62. The number of allylic oxidation sites excluding steroid dienone is 6. The lowest BCUT2D eigenvalue weighted by molar-refractivity contribution is 0.602. The van der Waals surface area contributed by atoms with Gasteiger partial charge in [0.2, 0.25) is 0 Å². The quantitative estimate of drug-likeness (QED) is 0.574. The van der Waals surface area contributed by atoms with E-state index in [1.165, 1.54) is 24.5 Å². The molecule has 1 heterocycles. The Hall–Kier alpha value is -2.66. The minimum absolute atomic E-state index is 0.265. The molecule has 2 aromatic rings. The van der Waals surface area contributed by atoms with Crippen LogP contribution in [0.15, 0.2) is 84.6 Å². The van der Waals surface area contributed by atoms with Crippen molar-refractivity contribution in [1.82, 2.24) is 4.57 Å². The van der Waals surface area contributed by atoms with Crippen LogP contribution in [0, 0.1) is 6.92 Å². The van der Waals surface area contributed by atoms with Crippen LogP contribution in [0.2, 0.25) is 0 Å². The average Bonchev–Trinajstić information content (AvgIpc) is 3.02. The van der Waals surface area contributed by atoms with Crippen LogP contribution in [0.4, 0.5) is 4.39 Å². The summed E-state index contributed by atoms with van der Waals surface area (Å²) in [5.74, 6) is -0.417. The van der Waals surface area contributed by atoms with Gasteiger partial charge in [0, 0.05) is 17.6 Å². The molecule has 5 heteroatoms. The van der Waals surface area contributed by atoms with E-state index in [-0.39, 0.29) is 4.90 Å². The summed E-state index contributed by atoms with van der Waals surface area (Å²) in [6, 6.07) is 10.5. The van der Waals surface area contributed by atoms with E-state index >= 15 is 0 Å². The van der Waals surface area contributed by atoms with Crippen LogP contribution in [0.3, 0.4) is 0 Å². The Morgan fingerprint density at radius 3 is 2.19 bits per heavy atom. The van der Waals surface area contributed by atoms with Crippen molar-refractivity contribution >= 4 is 15.5 Å². The van der Waals surface area contributed by atoms with Gasteiger partial charge in [0.1, 0.15) is 5.83 Å². The molecule has 1 aromatic heterocycles. The fourth-order valence-electron chi connectivity index (χ4n) is 2.44. The largest absolute Gasteiger partial charge is 0.315 e. The van der Waals surface area contributed by atoms with Gasteiger partial charge in [-0.05, 0) is 55.0 Å². The first-order valence-electron chi connectivity index (χ1n) is 8.58.